The first-order valence-electron chi connectivity index (χ1n) is 13.1. The maximum absolute atomic E-state index is 13.2. The fourth-order valence-corrected chi connectivity index (χ4v) is 4.16. The summed E-state index contributed by atoms with van der Waals surface area (Å²) in [7, 11) is 0. The lowest BCUT2D eigenvalue weighted by atomic mass is 10.1. The summed E-state index contributed by atoms with van der Waals surface area (Å²) in [5.74, 6) is -0.926. The van der Waals surface area contributed by atoms with Crippen LogP contribution in [0.25, 0.3) is 21.8 Å². The number of hydrogen-bond acceptors (Lipinski definition) is 7. The summed E-state index contributed by atoms with van der Waals surface area (Å²) >= 11 is 0. The summed E-state index contributed by atoms with van der Waals surface area (Å²) in [5, 5.41) is 14.0. The number of pyridine rings is 1. The van der Waals surface area contributed by atoms with Gasteiger partial charge in [-0.3, -0.25) is 14.7 Å². The number of benzene rings is 1. The van der Waals surface area contributed by atoms with Crippen LogP contribution in [0.15, 0.2) is 29.1 Å². The minimum absolute atomic E-state index is 0.0112. The lowest BCUT2D eigenvalue weighted by Gasteiger charge is -2.26. The number of aromatic amines is 1. The number of hydrogen-bond donors (Lipinski definition) is 3. The zero-order chi connectivity index (χ0) is 29.0. The van der Waals surface area contributed by atoms with Crippen molar-refractivity contribution in [3.8, 4) is 0 Å². The van der Waals surface area contributed by atoms with E-state index in [1.165, 1.54) is 0 Å². The normalized spacial score (nSPS) is 12.8. The summed E-state index contributed by atoms with van der Waals surface area (Å²) in [6.45, 7) is 12.9. The van der Waals surface area contributed by atoms with E-state index >= 15 is 0 Å². The number of nitrogens with zero attached hydrogens (tertiary/aromatic N) is 2. The number of alkyl carbamates (subject to hydrolysis) is 1. The quantitative estimate of drug-likeness (QED) is 0.277. The third-order valence-electron chi connectivity index (χ3n) is 5.78. The van der Waals surface area contributed by atoms with E-state index in [2.05, 4.69) is 20.8 Å². The van der Waals surface area contributed by atoms with Gasteiger partial charge in [-0.05, 0) is 67.4 Å². The summed E-state index contributed by atoms with van der Waals surface area (Å²) in [6, 6.07) is 6.55. The van der Waals surface area contributed by atoms with Gasteiger partial charge in [-0.15, -0.1) is 0 Å². The van der Waals surface area contributed by atoms with E-state index in [-0.39, 0.29) is 24.3 Å². The molecule has 0 aliphatic heterocycles. The van der Waals surface area contributed by atoms with Crippen LogP contribution in [0.3, 0.4) is 0 Å². The molecule has 0 radical (unpaired) electrons. The number of ether oxygens (including phenoxy) is 2. The number of carbonyl (C=O) groups is 3. The van der Waals surface area contributed by atoms with E-state index in [1.54, 1.807) is 46.1 Å². The first-order valence-corrected chi connectivity index (χ1v) is 13.1. The largest absolute Gasteiger partial charge is 0.458 e. The van der Waals surface area contributed by atoms with Gasteiger partial charge in [-0.2, -0.15) is 5.10 Å². The van der Waals surface area contributed by atoms with Gasteiger partial charge in [0.25, 0.3) is 5.56 Å². The lowest BCUT2D eigenvalue weighted by Crippen LogP contribution is -2.46. The van der Waals surface area contributed by atoms with E-state index in [4.69, 9.17) is 9.47 Å². The number of H-pyrrole nitrogens is 1. The molecule has 0 aliphatic rings. The number of nitrogens with one attached hydrogen (secondary N) is 3. The molecule has 2 aromatic heterocycles. The van der Waals surface area contributed by atoms with Crippen LogP contribution in [-0.2, 0) is 25.6 Å². The number of fused-ring (bicyclic) bond motifs is 3. The molecular weight excluding hydrogens is 502 g/mol. The van der Waals surface area contributed by atoms with Gasteiger partial charge in [-0.25, -0.2) is 9.59 Å². The Morgan fingerprint density at radius 3 is 2.38 bits per heavy atom. The molecule has 0 bridgehead atoms. The molecule has 0 saturated carbocycles. The molecule has 3 aromatic rings. The van der Waals surface area contributed by atoms with Gasteiger partial charge in [-0.1, -0.05) is 18.2 Å². The highest BCUT2D eigenvalue weighted by Gasteiger charge is 2.29. The summed E-state index contributed by atoms with van der Waals surface area (Å²) in [4.78, 5) is 50.7. The predicted octanol–water partition coefficient (Wildman–Crippen LogP) is 3.71. The highest BCUT2D eigenvalue weighted by atomic mass is 16.6. The SMILES string of the molecule is Cc1[nH]nc2c1c(=O)n(CCCNC(=O)CCC(NC(=O)OC(C)(C)C)C(=O)OC(C)(C)C)c1ccccc21. The van der Waals surface area contributed by atoms with Crippen LogP contribution in [0.1, 0.15) is 66.5 Å². The monoisotopic (exact) mass is 541 g/mol. The molecule has 0 saturated heterocycles. The van der Waals surface area contributed by atoms with Gasteiger partial charge < -0.3 is 24.7 Å². The molecule has 1 aromatic carbocycles. The molecule has 39 heavy (non-hydrogen) atoms. The first kappa shape index (κ1) is 29.7. The van der Waals surface area contributed by atoms with Gasteiger partial charge in [0.1, 0.15) is 22.8 Å². The van der Waals surface area contributed by atoms with Crippen molar-refractivity contribution in [2.24, 2.45) is 0 Å². The number of carbonyl (C=O) groups excluding carboxylic acids is 3. The van der Waals surface area contributed by atoms with Crippen LogP contribution in [-0.4, -0.2) is 56.5 Å². The second-order valence-electron chi connectivity index (χ2n) is 11.5. The lowest BCUT2D eigenvalue weighted by molar-refractivity contribution is -0.157. The van der Waals surface area contributed by atoms with Crippen LogP contribution in [0, 0.1) is 6.92 Å². The van der Waals surface area contributed by atoms with E-state index in [1.807, 2.05) is 31.2 Å². The van der Waals surface area contributed by atoms with Crippen molar-refractivity contribution < 1.29 is 23.9 Å². The number of aryl methyl sites for hydroxylation is 2. The van der Waals surface area contributed by atoms with E-state index in [0.717, 1.165) is 10.9 Å². The molecule has 2 heterocycles. The molecule has 11 heteroatoms. The van der Waals surface area contributed by atoms with Crippen LogP contribution in [0.4, 0.5) is 4.79 Å². The fraction of sp³-hybridized carbons (Fsp3) is 0.536. The van der Waals surface area contributed by atoms with Gasteiger partial charge in [0.15, 0.2) is 0 Å². The molecule has 1 unspecified atom stereocenters. The van der Waals surface area contributed by atoms with Crippen LogP contribution >= 0.6 is 0 Å². The van der Waals surface area contributed by atoms with E-state index < -0.39 is 29.3 Å². The number of aromatic nitrogens is 3. The van der Waals surface area contributed by atoms with Gasteiger partial charge in [0.2, 0.25) is 5.91 Å². The Kier molecular flexibility index (Phi) is 9.03. The molecule has 2 amide bonds. The predicted molar refractivity (Wildman–Crippen MR) is 148 cm³/mol. The molecule has 0 spiro atoms. The minimum atomic E-state index is -1.04. The summed E-state index contributed by atoms with van der Waals surface area (Å²) < 4.78 is 12.4. The number of amides is 2. The Hall–Kier alpha value is -3.89. The van der Waals surface area contributed by atoms with Crippen molar-refractivity contribution in [1.82, 2.24) is 25.4 Å². The molecule has 0 aliphatic carbocycles. The smallest absolute Gasteiger partial charge is 0.408 e. The van der Waals surface area contributed by atoms with Gasteiger partial charge >= 0.3 is 12.1 Å². The van der Waals surface area contributed by atoms with Crippen molar-refractivity contribution in [3.05, 3.63) is 40.3 Å². The number of rotatable bonds is 9. The Balaban J connectivity index is 1.59. The molecular formula is C28H39N5O6. The zero-order valence-electron chi connectivity index (χ0n) is 23.8. The highest BCUT2D eigenvalue weighted by molar-refractivity contribution is 6.03. The average Bonchev–Trinajstić information content (AvgIpc) is 3.20. The van der Waals surface area contributed by atoms with Crippen LogP contribution < -0.4 is 16.2 Å². The molecule has 0 fully saturated rings. The number of para-hydroxylation sites is 1. The van der Waals surface area contributed by atoms with E-state index in [9.17, 15) is 19.2 Å². The molecule has 212 valence electrons. The average molecular weight is 542 g/mol. The second-order valence-corrected chi connectivity index (χ2v) is 11.5. The second kappa shape index (κ2) is 11.9. The van der Waals surface area contributed by atoms with Gasteiger partial charge in [0.05, 0.1) is 10.9 Å². The Morgan fingerprint density at radius 2 is 1.72 bits per heavy atom. The maximum Gasteiger partial charge on any atom is 0.408 e. The zero-order valence-corrected chi connectivity index (χ0v) is 23.8. The fourth-order valence-electron chi connectivity index (χ4n) is 4.16. The maximum atomic E-state index is 13.2. The van der Waals surface area contributed by atoms with Crippen molar-refractivity contribution in [2.75, 3.05) is 6.54 Å². The standard InChI is InChI=1S/C28H39N5O6/c1-17-22-23(32-31-17)18-11-8-9-12-20(18)33(24(22)35)16-10-15-29-21(34)14-13-19(25(36)38-27(2,3)4)30-26(37)39-28(5,6)7/h8-9,11-12,19H,10,13-16H2,1-7H3,(H,29,34)(H,30,37)(H,31,32). The first-order chi connectivity index (χ1) is 18.2. The molecule has 11 nitrogen and oxygen atoms in total. The summed E-state index contributed by atoms with van der Waals surface area (Å²) in [6.07, 6.45) is -0.214. The third-order valence-corrected chi connectivity index (χ3v) is 5.78. The Morgan fingerprint density at radius 1 is 1.05 bits per heavy atom. The van der Waals surface area contributed by atoms with Crippen molar-refractivity contribution in [1.29, 1.82) is 0 Å². The number of esters is 1. The van der Waals surface area contributed by atoms with Crippen molar-refractivity contribution in [3.63, 3.8) is 0 Å². The molecule has 3 N–H and O–H groups in total. The van der Waals surface area contributed by atoms with Crippen LogP contribution in [0.2, 0.25) is 0 Å². The highest BCUT2D eigenvalue weighted by Crippen LogP contribution is 2.22. The van der Waals surface area contributed by atoms with Crippen LogP contribution in [0.5, 0.6) is 0 Å². The minimum Gasteiger partial charge on any atom is -0.458 e. The Labute approximate surface area is 227 Å². The summed E-state index contributed by atoms with van der Waals surface area (Å²) in [5.41, 5.74) is 0.511. The van der Waals surface area contributed by atoms with Gasteiger partial charge in [0, 0.05) is 30.6 Å². The topological polar surface area (TPSA) is 144 Å². The third kappa shape index (κ3) is 8.05. The van der Waals surface area contributed by atoms with E-state index in [0.29, 0.717) is 36.1 Å². The molecule has 3 rings (SSSR count). The Bertz CT molecular complexity index is 1410. The van der Waals surface area contributed by atoms with Crippen molar-refractivity contribution >= 4 is 39.8 Å². The van der Waals surface area contributed by atoms with Crippen molar-refractivity contribution in [2.45, 2.75) is 91.5 Å². The molecule has 1 atom stereocenters.